The zero-order chi connectivity index (χ0) is 22.4. The van der Waals surface area contributed by atoms with E-state index in [-0.39, 0.29) is 16.7 Å². The average Bonchev–Trinajstić information content (AvgIpc) is 2.85. The Morgan fingerprint density at radius 3 is 2.00 bits per heavy atom. The number of rotatable bonds is 8. The summed E-state index contributed by atoms with van der Waals surface area (Å²) in [4.78, 5) is 29.7. The second-order valence-corrected chi connectivity index (χ2v) is 13.6. The summed E-state index contributed by atoms with van der Waals surface area (Å²) in [6, 6.07) is 30.6. The minimum atomic E-state index is -2.59. The first kappa shape index (κ1) is 22.6. The minimum Gasteiger partial charge on any atom is -0.330 e. The van der Waals surface area contributed by atoms with Crippen LogP contribution in [0, 0.1) is 0 Å². The lowest BCUT2D eigenvalue weighted by atomic mass is 10.1. The van der Waals surface area contributed by atoms with E-state index >= 15 is 0 Å². The second kappa shape index (κ2) is 10.3. The number of amides is 1. The number of hydrogen-bond donors (Lipinski definition) is 0. The fourth-order valence-electron chi connectivity index (χ4n) is 4.44. The van der Waals surface area contributed by atoms with Crippen molar-refractivity contribution in [1.82, 2.24) is 4.90 Å². The molecule has 1 heterocycles. The SMILES string of the molecule is C[Si](C(=O)CCN1C(=O)CCCC1Sc1ccccc1)(c1ccccc1)c1ccccc1. The number of hydrogen-bond acceptors (Lipinski definition) is 3. The molecular weight excluding hydrogens is 430 g/mol. The van der Waals surface area contributed by atoms with Gasteiger partial charge in [-0.15, -0.1) is 11.8 Å². The summed E-state index contributed by atoms with van der Waals surface area (Å²) in [5.41, 5.74) is 0. The number of piperidine rings is 1. The first-order valence-corrected chi connectivity index (χ1v) is 14.6. The van der Waals surface area contributed by atoms with E-state index in [2.05, 4.69) is 42.9 Å². The summed E-state index contributed by atoms with van der Waals surface area (Å²) in [5.74, 6) is 0.167. The molecule has 0 spiro atoms. The Labute approximate surface area is 195 Å². The number of benzene rings is 3. The summed E-state index contributed by atoms with van der Waals surface area (Å²) in [7, 11) is -2.59. The number of carbonyl (C=O) groups excluding carboxylic acids is 2. The summed E-state index contributed by atoms with van der Waals surface area (Å²) >= 11 is 1.73. The molecule has 3 aromatic carbocycles. The van der Waals surface area contributed by atoms with Gasteiger partial charge in [0.05, 0.1) is 5.37 Å². The second-order valence-electron chi connectivity index (χ2n) is 8.40. The third kappa shape index (κ3) is 4.89. The summed E-state index contributed by atoms with van der Waals surface area (Å²) in [5, 5.41) is 2.61. The Bertz CT molecular complexity index is 1000. The molecule has 1 aliphatic heterocycles. The first-order valence-electron chi connectivity index (χ1n) is 11.2. The van der Waals surface area contributed by atoms with Gasteiger partial charge in [0, 0.05) is 24.3 Å². The van der Waals surface area contributed by atoms with Crippen LogP contribution >= 0.6 is 11.8 Å². The minimum absolute atomic E-state index is 0.0906. The van der Waals surface area contributed by atoms with Gasteiger partial charge in [-0.1, -0.05) is 85.4 Å². The molecule has 0 aliphatic carbocycles. The Balaban J connectivity index is 1.54. The standard InChI is InChI=1S/C27H29NO2SSi/c1-32(23-14-7-3-8-15-23,24-16-9-4-10-17-24)27(30)20-21-28-25(29)18-11-19-26(28)31-22-12-5-2-6-13-22/h2-10,12-17,26H,11,18-21H2,1H3. The van der Waals surface area contributed by atoms with Gasteiger partial charge in [0.25, 0.3) is 0 Å². The maximum absolute atomic E-state index is 13.8. The quantitative estimate of drug-likeness (QED) is 0.465. The lowest BCUT2D eigenvalue weighted by Gasteiger charge is -2.36. The third-order valence-electron chi connectivity index (χ3n) is 6.36. The van der Waals surface area contributed by atoms with Crippen molar-refractivity contribution in [2.75, 3.05) is 6.54 Å². The molecule has 4 rings (SSSR count). The van der Waals surface area contributed by atoms with Crippen molar-refractivity contribution in [3.8, 4) is 0 Å². The van der Waals surface area contributed by atoms with Gasteiger partial charge in [0.2, 0.25) is 5.91 Å². The van der Waals surface area contributed by atoms with Crippen LogP contribution in [0.25, 0.3) is 0 Å². The van der Waals surface area contributed by atoms with E-state index in [1.807, 2.05) is 59.5 Å². The van der Waals surface area contributed by atoms with Crippen LogP contribution in [0.15, 0.2) is 95.9 Å². The molecule has 164 valence electrons. The Hall–Kier alpha value is -2.63. The molecule has 1 saturated heterocycles. The summed E-state index contributed by atoms with van der Waals surface area (Å²) in [6.07, 6.45) is 2.84. The van der Waals surface area contributed by atoms with Crippen LogP contribution < -0.4 is 10.4 Å². The monoisotopic (exact) mass is 459 g/mol. The van der Waals surface area contributed by atoms with E-state index in [4.69, 9.17) is 0 Å². The molecule has 0 aromatic heterocycles. The number of thioether (sulfide) groups is 1. The summed E-state index contributed by atoms with van der Waals surface area (Å²) < 4.78 is 0. The highest BCUT2D eigenvalue weighted by Crippen LogP contribution is 2.32. The van der Waals surface area contributed by atoms with Gasteiger partial charge >= 0.3 is 0 Å². The molecular formula is C27H29NO2SSi. The van der Waals surface area contributed by atoms with E-state index in [0.29, 0.717) is 19.4 Å². The van der Waals surface area contributed by atoms with E-state index in [1.54, 1.807) is 11.8 Å². The highest BCUT2D eigenvalue weighted by molar-refractivity contribution is 7.99. The fraction of sp³-hybridized carbons (Fsp3) is 0.259. The Morgan fingerprint density at radius 1 is 0.906 bits per heavy atom. The smallest absolute Gasteiger partial charge is 0.223 e. The largest absolute Gasteiger partial charge is 0.330 e. The summed E-state index contributed by atoms with van der Waals surface area (Å²) in [6.45, 7) is 2.64. The van der Waals surface area contributed by atoms with Crippen LogP contribution in [0.2, 0.25) is 6.55 Å². The van der Waals surface area contributed by atoms with Gasteiger partial charge in [-0.2, -0.15) is 0 Å². The molecule has 0 saturated carbocycles. The normalized spacial score (nSPS) is 16.7. The topological polar surface area (TPSA) is 37.4 Å². The van der Waals surface area contributed by atoms with Gasteiger partial charge in [-0.25, -0.2) is 0 Å². The van der Waals surface area contributed by atoms with Gasteiger partial charge < -0.3 is 9.69 Å². The average molecular weight is 460 g/mol. The molecule has 32 heavy (non-hydrogen) atoms. The lowest BCUT2D eigenvalue weighted by Crippen LogP contribution is -2.62. The Kier molecular flexibility index (Phi) is 7.28. The van der Waals surface area contributed by atoms with Crippen LogP contribution in [0.3, 0.4) is 0 Å². The molecule has 0 bridgehead atoms. The van der Waals surface area contributed by atoms with Gasteiger partial charge in [-0.3, -0.25) is 4.79 Å². The van der Waals surface area contributed by atoms with Crippen molar-refractivity contribution in [3.63, 3.8) is 0 Å². The highest BCUT2D eigenvalue weighted by atomic mass is 32.2. The molecule has 1 aliphatic rings. The van der Waals surface area contributed by atoms with E-state index < -0.39 is 8.07 Å². The highest BCUT2D eigenvalue weighted by Gasteiger charge is 2.40. The van der Waals surface area contributed by atoms with Crippen LogP contribution in [0.4, 0.5) is 0 Å². The van der Waals surface area contributed by atoms with Gasteiger partial charge in [0.15, 0.2) is 8.07 Å². The first-order chi connectivity index (χ1) is 15.6. The number of likely N-dealkylation sites (tertiary alicyclic amines) is 1. The van der Waals surface area contributed by atoms with E-state index in [1.165, 1.54) is 0 Å². The molecule has 5 heteroatoms. The lowest BCUT2D eigenvalue weighted by molar-refractivity contribution is -0.134. The van der Waals surface area contributed by atoms with Crippen molar-refractivity contribution < 1.29 is 9.59 Å². The van der Waals surface area contributed by atoms with Crippen LogP contribution in [-0.4, -0.2) is 36.2 Å². The molecule has 0 N–H and O–H groups in total. The van der Waals surface area contributed by atoms with Crippen LogP contribution in [0.5, 0.6) is 0 Å². The van der Waals surface area contributed by atoms with Crippen molar-refractivity contribution >= 4 is 41.5 Å². The predicted molar refractivity (Wildman–Crippen MR) is 135 cm³/mol. The molecule has 1 unspecified atom stereocenters. The predicted octanol–water partition coefficient (Wildman–Crippen LogP) is 4.51. The third-order valence-corrected chi connectivity index (χ3v) is 12.0. The van der Waals surface area contributed by atoms with Gasteiger partial charge in [0.1, 0.15) is 5.41 Å². The zero-order valence-corrected chi connectivity index (χ0v) is 20.3. The van der Waals surface area contributed by atoms with Crippen molar-refractivity contribution in [3.05, 3.63) is 91.0 Å². The molecule has 3 aromatic rings. The Morgan fingerprint density at radius 2 is 1.44 bits per heavy atom. The fourth-order valence-corrected chi connectivity index (χ4v) is 9.01. The molecule has 1 atom stereocenters. The number of nitrogens with zero attached hydrogens (tertiary/aromatic N) is 1. The molecule has 3 nitrogen and oxygen atoms in total. The maximum Gasteiger partial charge on any atom is 0.223 e. The molecule has 1 amide bonds. The van der Waals surface area contributed by atoms with Crippen molar-refractivity contribution in [2.24, 2.45) is 0 Å². The number of carbonyl (C=O) groups is 2. The zero-order valence-electron chi connectivity index (χ0n) is 18.4. The molecule has 0 radical (unpaired) electrons. The van der Waals surface area contributed by atoms with E-state index in [0.717, 1.165) is 28.1 Å². The maximum atomic E-state index is 13.8. The van der Waals surface area contributed by atoms with Crippen LogP contribution in [-0.2, 0) is 9.59 Å². The van der Waals surface area contributed by atoms with Crippen LogP contribution in [0.1, 0.15) is 25.7 Å². The van der Waals surface area contributed by atoms with Crippen molar-refractivity contribution in [1.29, 1.82) is 0 Å². The molecule has 1 fully saturated rings. The van der Waals surface area contributed by atoms with E-state index in [9.17, 15) is 9.59 Å². The van der Waals surface area contributed by atoms with Crippen molar-refractivity contribution in [2.45, 2.75) is 42.5 Å². The van der Waals surface area contributed by atoms with Gasteiger partial charge in [-0.05, 0) is 35.3 Å².